The van der Waals surface area contributed by atoms with Crippen molar-refractivity contribution in [3.8, 4) is 39.9 Å². The number of aromatic nitrogens is 3. The van der Waals surface area contributed by atoms with Crippen LogP contribution in [0.4, 0.5) is 0 Å². The molecular weight excluding hydrogens is 382 g/mol. The molecule has 0 atom stereocenters. The van der Waals surface area contributed by atoms with Gasteiger partial charge in [0.1, 0.15) is 5.75 Å². The van der Waals surface area contributed by atoms with Crippen LogP contribution in [-0.2, 0) is 6.42 Å². The molecule has 4 heteroatoms. The van der Waals surface area contributed by atoms with E-state index in [1.165, 1.54) is 11.1 Å². The van der Waals surface area contributed by atoms with Gasteiger partial charge in [-0.1, -0.05) is 60.5 Å². The number of phenolic OH excluding ortho intramolecular Hbond substituents is 1. The van der Waals surface area contributed by atoms with Crippen molar-refractivity contribution < 1.29 is 5.11 Å². The lowest BCUT2D eigenvalue weighted by Crippen LogP contribution is -2.02. The van der Waals surface area contributed by atoms with Gasteiger partial charge in [0.15, 0.2) is 17.5 Å². The Morgan fingerprint density at radius 1 is 0.613 bits per heavy atom. The van der Waals surface area contributed by atoms with Crippen LogP contribution in [0.3, 0.4) is 0 Å². The highest BCUT2D eigenvalue weighted by atomic mass is 16.3. The van der Waals surface area contributed by atoms with Gasteiger partial charge in [0, 0.05) is 11.1 Å². The Bertz CT molecular complexity index is 1210. The monoisotopic (exact) mass is 409 g/mol. The van der Waals surface area contributed by atoms with Gasteiger partial charge in [-0.2, -0.15) is 0 Å². The summed E-state index contributed by atoms with van der Waals surface area (Å²) in [6.07, 6.45) is 0.854. The molecule has 0 bridgehead atoms. The number of aromatic hydroxyl groups is 1. The molecule has 0 fully saturated rings. The van der Waals surface area contributed by atoms with Crippen LogP contribution in [0.1, 0.15) is 34.7 Å². The molecule has 31 heavy (non-hydrogen) atoms. The average molecular weight is 410 g/mol. The SMILES string of the molecule is CCc1ccc(-c2nc(-c3ccc(C)cc3C)nc(-c3ccc(C)cc3C)n2)c(O)c1. The largest absolute Gasteiger partial charge is 0.507 e. The molecule has 0 radical (unpaired) electrons. The van der Waals surface area contributed by atoms with E-state index < -0.39 is 0 Å². The van der Waals surface area contributed by atoms with Crippen molar-refractivity contribution in [2.45, 2.75) is 41.0 Å². The molecule has 156 valence electrons. The third kappa shape index (κ3) is 4.19. The summed E-state index contributed by atoms with van der Waals surface area (Å²) in [6, 6.07) is 18.2. The lowest BCUT2D eigenvalue weighted by atomic mass is 10.0. The van der Waals surface area contributed by atoms with E-state index >= 15 is 0 Å². The number of benzene rings is 3. The fourth-order valence-electron chi connectivity index (χ4n) is 3.85. The highest BCUT2D eigenvalue weighted by Gasteiger charge is 2.17. The summed E-state index contributed by atoms with van der Waals surface area (Å²) in [5, 5.41) is 10.7. The highest BCUT2D eigenvalue weighted by molar-refractivity contribution is 5.72. The zero-order chi connectivity index (χ0) is 22.1. The third-order valence-electron chi connectivity index (χ3n) is 5.59. The van der Waals surface area contributed by atoms with Crippen molar-refractivity contribution in [2.24, 2.45) is 0 Å². The fourth-order valence-corrected chi connectivity index (χ4v) is 3.85. The Morgan fingerprint density at radius 3 is 1.48 bits per heavy atom. The minimum atomic E-state index is 0.184. The van der Waals surface area contributed by atoms with E-state index in [0.29, 0.717) is 23.0 Å². The molecule has 3 aromatic carbocycles. The number of nitrogens with zero attached hydrogens (tertiary/aromatic N) is 3. The Labute approximate surface area is 183 Å². The minimum Gasteiger partial charge on any atom is -0.507 e. The van der Waals surface area contributed by atoms with Crippen molar-refractivity contribution in [2.75, 3.05) is 0 Å². The summed E-state index contributed by atoms with van der Waals surface area (Å²) < 4.78 is 0. The summed E-state index contributed by atoms with van der Waals surface area (Å²) in [5.41, 5.74) is 8.20. The van der Waals surface area contributed by atoms with Gasteiger partial charge in [-0.15, -0.1) is 0 Å². The molecule has 4 rings (SSSR count). The van der Waals surface area contributed by atoms with E-state index in [1.54, 1.807) is 6.07 Å². The Kier molecular flexibility index (Phi) is 5.55. The number of hydrogen-bond acceptors (Lipinski definition) is 4. The van der Waals surface area contributed by atoms with Gasteiger partial charge in [0.25, 0.3) is 0 Å². The van der Waals surface area contributed by atoms with Gasteiger partial charge >= 0.3 is 0 Å². The molecule has 0 spiro atoms. The van der Waals surface area contributed by atoms with Gasteiger partial charge in [0.05, 0.1) is 5.56 Å². The van der Waals surface area contributed by atoms with Crippen molar-refractivity contribution in [3.05, 3.63) is 82.4 Å². The molecule has 4 nitrogen and oxygen atoms in total. The van der Waals surface area contributed by atoms with Crippen LogP contribution < -0.4 is 0 Å². The molecule has 0 aliphatic rings. The zero-order valence-corrected chi connectivity index (χ0v) is 18.7. The quantitative estimate of drug-likeness (QED) is 0.425. The average Bonchev–Trinajstić information content (AvgIpc) is 2.73. The highest BCUT2D eigenvalue weighted by Crippen LogP contribution is 2.32. The van der Waals surface area contributed by atoms with Crippen LogP contribution in [0.15, 0.2) is 54.6 Å². The van der Waals surface area contributed by atoms with Crippen LogP contribution in [-0.4, -0.2) is 20.1 Å². The fraction of sp³-hybridized carbons (Fsp3) is 0.222. The van der Waals surface area contributed by atoms with Crippen LogP contribution in [0.2, 0.25) is 0 Å². The van der Waals surface area contributed by atoms with E-state index in [0.717, 1.165) is 34.2 Å². The molecule has 1 N–H and O–H groups in total. The van der Waals surface area contributed by atoms with Crippen molar-refractivity contribution in [3.63, 3.8) is 0 Å². The number of aryl methyl sites for hydroxylation is 5. The minimum absolute atomic E-state index is 0.184. The zero-order valence-electron chi connectivity index (χ0n) is 18.7. The smallest absolute Gasteiger partial charge is 0.167 e. The van der Waals surface area contributed by atoms with Gasteiger partial charge in [0.2, 0.25) is 0 Å². The van der Waals surface area contributed by atoms with E-state index in [1.807, 2.05) is 12.1 Å². The predicted molar refractivity (Wildman–Crippen MR) is 126 cm³/mol. The second kappa shape index (κ2) is 8.31. The second-order valence-electron chi connectivity index (χ2n) is 8.15. The van der Waals surface area contributed by atoms with Crippen LogP contribution >= 0.6 is 0 Å². The topological polar surface area (TPSA) is 58.9 Å². The maximum absolute atomic E-state index is 10.7. The number of phenols is 1. The number of rotatable bonds is 4. The summed E-state index contributed by atoms with van der Waals surface area (Å²) in [5.74, 6) is 1.87. The van der Waals surface area contributed by atoms with Crippen molar-refractivity contribution >= 4 is 0 Å². The van der Waals surface area contributed by atoms with Gasteiger partial charge in [-0.3, -0.25) is 0 Å². The van der Waals surface area contributed by atoms with Crippen LogP contribution in [0, 0.1) is 27.7 Å². The van der Waals surface area contributed by atoms with Gasteiger partial charge in [-0.05, 0) is 62.9 Å². The van der Waals surface area contributed by atoms with Crippen LogP contribution in [0.25, 0.3) is 34.2 Å². The first kappa shape index (κ1) is 20.7. The molecule has 4 aromatic rings. The van der Waals surface area contributed by atoms with E-state index in [-0.39, 0.29) is 5.75 Å². The maximum Gasteiger partial charge on any atom is 0.167 e. The Morgan fingerprint density at radius 2 is 1.06 bits per heavy atom. The summed E-state index contributed by atoms with van der Waals surface area (Å²) in [7, 11) is 0. The molecule has 1 heterocycles. The van der Waals surface area contributed by atoms with E-state index in [9.17, 15) is 5.11 Å². The molecule has 1 aromatic heterocycles. The summed E-state index contributed by atoms with van der Waals surface area (Å²) in [6.45, 7) is 10.3. The molecule has 0 saturated heterocycles. The van der Waals surface area contributed by atoms with Gasteiger partial charge < -0.3 is 5.11 Å². The Balaban J connectivity index is 1.96. The lowest BCUT2D eigenvalue weighted by Gasteiger charge is -2.13. The first-order chi connectivity index (χ1) is 14.9. The lowest BCUT2D eigenvalue weighted by molar-refractivity contribution is 0.476. The summed E-state index contributed by atoms with van der Waals surface area (Å²) >= 11 is 0. The molecule has 0 aliphatic carbocycles. The maximum atomic E-state index is 10.7. The molecule has 0 unspecified atom stereocenters. The van der Waals surface area contributed by atoms with Crippen LogP contribution in [0.5, 0.6) is 5.75 Å². The Hall–Kier alpha value is -3.53. The molecule has 0 saturated carbocycles. The summed E-state index contributed by atoms with van der Waals surface area (Å²) in [4.78, 5) is 14.4. The molecule has 0 aliphatic heterocycles. The normalized spacial score (nSPS) is 11.0. The predicted octanol–water partition coefficient (Wildman–Crippen LogP) is 6.37. The molecular formula is C27H27N3O. The first-order valence-corrected chi connectivity index (χ1v) is 10.6. The standard InChI is InChI=1S/C27H27N3O/c1-6-20-9-12-23(24(31)15-20)27-29-25(21-10-7-16(2)13-18(21)4)28-26(30-27)22-11-8-17(3)14-19(22)5/h7-15,31H,6H2,1-5H3. The van der Waals surface area contributed by atoms with Crippen molar-refractivity contribution in [1.29, 1.82) is 0 Å². The number of hydrogen-bond donors (Lipinski definition) is 1. The van der Waals surface area contributed by atoms with Gasteiger partial charge in [-0.25, -0.2) is 15.0 Å². The van der Waals surface area contributed by atoms with Crippen molar-refractivity contribution in [1.82, 2.24) is 15.0 Å². The third-order valence-corrected chi connectivity index (χ3v) is 5.59. The first-order valence-electron chi connectivity index (χ1n) is 10.6. The van der Waals surface area contributed by atoms with E-state index in [4.69, 9.17) is 15.0 Å². The van der Waals surface area contributed by atoms with E-state index in [2.05, 4.69) is 71.0 Å². The second-order valence-corrected chi connectivity index (χ2v) is 8.15. The molecule has 0 amide bonds.